The van der Waals surface area contributed by atoms with Gasteiger partial charge in [-0.2, -0.15) is 0 Å². The van der Waals surface area contributed by atoms with Gasteiger partial charge in [-0.3, -0.25) is 4.79 Å². The van der Waals surface area contributed by atoms with E-state index < -0.39 is 11.4 Å². The molecule has 0 bridgehead atoms. The molecule has 2 aliphatic carbocycles. The maximum Gasteiger partial charge on any atom is 0.314 e. The van der Waals surface area contributed by atoms with Gasteiger partial charge in [0.05, 0.1) is 12.5 Å². The Labute approximate surface area is 126 Å². The Kier molecular flexibility index (Phi) is 3.92. The van der Waals surface area contributed by atoms with Crippen molar-refractivity contribution in [2.75, 3.05) is 7.11 Å². The van der Waals surface area contributed by atoms with Crippen LogP contribution in [0.4, 0.5) is 0 Å². The molecule has 0 aliphatic heterocycles. The fourth-order valence-electron chi connectivity index (χ4n) is 3.92. The van der Waals surface area contributed by atoms with Crippen LogP contribution in [0, 0.1) is 0 Å². The molecule has 0 atom stereocenters. The van der Waals surface area contributed by atoms with E-state index in [-0.39, 0.29) is 0 Å². The Bertz CT molecular complexity index is 525. The Morgan fingerprint density at radius 2 is 1.90 bits per heavy atom. The van der Waals surface area contributed by atoms with Crippen molar-refractivity contribution < 1.29 is 14.6 Å². The van der Waals surface area contributed by atoms with E-state index in [0.29, 0.717) is 5.92 Å². The van der Waals surface area contributed by atoms with E-state index in [4.69, 9.17) is 4.74 Å². The van der Waals surface area contributed by atoms with Gasteiger partial charge in [-0.1, -0.05) is 37.8 Å². The summed E-state index contributed by atoms with van der Waals surface area (Å²) in [6.07, 6.45) is 8.81. The summed E-state index contributed by atoms with van der Waals surface area (Å²) in [4.78, 5) is 11.8. The molecule has 3 heteroatoms. The van der Waals surface area contributed by atoms with Gasteiger partial charge in [-0.05, 0) is 43.2 Å². The van der Waals surface area contributed by atoms with Crippen molar-refractivity contribution >= 4 is 5.97 Å². The summed E-state index contributed by atoms with van der Waals surface area (Å²) < 4.78 is 5.46. The van der Waals surface area contributed by atoms with E-state index in [0.717, 1.165) is 30.6 Å². The van der Waals surface area contributed by atoms with Gasteiger partial charge in [0.25, 0.3) is 0 Å². The highest BCUT2D eigenvalue weighted by atomic mass is 16.5. The highest BCUT2D eigenvalue weighted by Gasteiger charge is 2.47. The molecule has 1 N–H and O–H groups in total. The first kappa shape index (κ1) is 14.4. The van der Waals surface area contributed by atoms with Crippen molar-refractivity contribution in [3.05, 3.63) is 29.3 Å². The van der Waals surface area contributed by atoms with Gasteiger partial charge in [-0.15, -0.1) is 0 Å². The van der Waals surface area contributed by atoms with Crippen LogP contribution in [0.15, 0.2) is 18.2 Å². The smallest absolute Gasteiger partial charge is 0.314 e. The Hall–Kier alpha value is -1.51. The molecule has 1 aromatic rings. The molecule has 2 saturated carbocycles. The van der Waals surface area contributed by atoms with Crippen LogP contribution < -0.4 is 4.74 Å². The zero-order valence-corrected chi connectivity index (χ0v) is 12.7. The number of ether oxygens (including phenoxy) is 1. The lowest BCUT2D eigenvalue weighted by atomic mass is 9.63. The SMILES string of the molecule is COc1ccc(C2CCCCC2)cc1C1(C(=O)O)CCC1. The van der Waals surface area contributed by atoms with Gasteiger partial charge >= 0.3 is 5.97 Å². The number of methoxy groups -OCH3 is 1. The monoisotopic (exact) mass is 288 g/mol. The van der Waals surface area contributed by atoms with E-state index in [2.05, 4.69) is 12.1 Å². The first-order valence-corrected chi connectivity index (χ1v) is 8.09. The first-order chi connectivity index (χ1) is 10.2. The van der Waals surface area contributed by atoms with Crippen LogP contribution in [0.1, 0.15) is 68.4 Å². The maximum absolute atomic E-state index is 11.8. The summed E-state index contributed by atoms with van der Waals surface area (Å²) in [5.41, 5.74) is 1.49. The van der Waals surface area contributed by atoms with Crippen molar-refractivity contribution in [1.82, 2.24) is 0 Å². The number of hydrogen-bond acceptors (Lipinski definition) is 2. The fraction of sp³-hybridized carbons (Fsp3) is 0.611. The van der Waals surface area contributed by atoms with Crippen molar-refractivity contribution in [3.8, 4) is 5.75 Å². The molecular weight excluding hydrogens is 264 g/mol. The molecule has 3 rings (SSSR count). The molecule has 114 valence electrons. The highest BCUT2D eigenvalue weighted by molar-refractivity contribution is 5.83. The van der Waals surface area contributed by atoms with E-state index in [1.807, 2.05) is 6.07 Å². The lowest BCUT2D eigenvalue weighted by Crippen LogP contribution is -2.42. The minimum absolute atomic E-state index is 0.592. The molecule has 0 saturated heterocycles. The average Bonchev–Trinajstić information content (AvgIpc) is 2.46. The van der Waals surface area contributed by atoms with Gasteiger partial charge in [0.2, 0.25) is 0 Å². The first-order valence-electron chi connectivity index (χ1n) is 8.09. The molecule has 2 fully saturated rings. The summed E-state index contributed by atoms with van der Waals surface area (Å²) in [6.45, 7) is 0. The van der Waals surface area contributed by atoms with Gasteiger partial charge in [0.15, 0.2) is 0 Å². The number of carboxylic acid groups (broad SMARTS) is 1. The minimum atomic E-state index is -0.712. The molecule has 0 aromatic heterocycles. The topological polar surface area (TPSA) is 46.5 Å². The molecule has 3 nitrogen and oxygen atoms in total. The number of hydrogen-bond donors (Lipinski definition) is 1. The molecular formula is C18H24O3. The molecule has 0 unspecified atom stereocenters. The summed E-state index contributed by atoms with van der Waals surface area (Å²) >= 11 is 0. The molecule has 1 aromatic carbocycles. The lowest BCUT2D eigenvalue weighted by Gasteiger charge is -2.39. The second kappa shape index (κ2) is 5.70. The molecule has 0 spiro atoms. The zero-order valence-electron chi connectivity index (χ0n) is 12.7. The second-order valence-corrected chi connectivity index (χ2v) is 6.54. The number of benzene rings is 1. The highest BCUT2D eigenvalue weighted by Crippen LogP contribution is 2.48. The van der Waals surface area contributed by atoms with Crippen LogP contribution in [-0.2, 0) is 10.2 Å². The van der Waals surface area contributed by atoms with Gasteiger partial charge < -0.3 is 9.84 Å². The predicted molar refractivity (Wildman–Crippen MR) is 82.0 cm³/mol. The fourth-order valence-corrected chi connectivity index (χ4v) is 3.92. The average molecular weight is 288 g/mol. The van der Waals surface area contributed by atoms with E-state index in [9.17, 15) is 9.90 Å². The summed E-state index contributed by atoms with van der Waals surface area (Å²) in [5.74, 6) is 0.624. The largest absolute Gasteiger partial charge is 0.496 e. The third-order valence-electron chi connectivity index (χ3n) is 5.43. The lowest BCUT2D eigenvalue weighted by molar-refractivity contribution is -0.147. The normalized spacial score (nSPS) is 21.6. The van der Waals surface area contributed by atoms with Crippen LogP contribution in [0.25, 0.3) is 0 Å². The van der Waals surface area contributed by atoms with Crippen molar-refractivity contribution in [3.63, 3.8) is 0 Å². The standard InChI is InChI=1S/C18H24O3/c1-21-16-9-8-14(13-6-3-2-4-7-13)12-15(16)18(17(19)20)10-5-11-18/h8-9,12-13H,2-7,10-11H2,1H3,(H,19,20). The van der Waals surface area contributed by atoms with Gasteiger partial charge in [0.1, 0.15) is 5.75 Å². The molecule has 2 aliphatic rings. The van der Waals surface area contributed by atoms with Gasteiger partial charge in [-0.25, -0.2) is 0 Å². The summed E-state index contributed by atoms with van der Waals surface area (Å²) in [6, 6.07) is 6.23. The Balaban J connectivity index is 1.99. The van der Waals surface area contributed by atoms with Crippen LogP contribution in [0.5, 0.6) is 5.75 Å². The van der Waals surface area contributed by atoms with E-state index in [1.165, 1.54) is 37.7 Å². The molecule has 0 amide bonds. The molecule has 0 heterocycles. The zero-order chi connectivity index (χ0) is 14.9. The summed E-state index contributed by atoms with van der Waals surface area (Å²) in [5, 5.41) is 9.70. The molecule has 0 radical (unpaired) electrons. The van der Waals surface area contributed by atoms with Crippen molar-refractivity contribution in [2.24, 2.45) is 0 Å². The van der Waals surface area contributed by atoms with E-state index >= 15 is 0 Å². The van der Waals surface area contributed by atoms with Crippen LogP contribution in [0.3, 0.4) is 0 Å². The number of aliphatic carboxylic acids is 1. The quantitative estimate of drug-likeness (QED) is 0.901. The van der Waals surface area contributed by atoms with Crippen LogP contribution in [-0.4, -0.2) is 18.2 Å². The predicted octanol–water partition coefficient (Wildman–Crippen LogP) is 4.25. The summed E-state index contributed by atoms with van der Waals surface area (Å²) in [7, 11) is 1.63. The maximum atomic E-state index is 11.8. The van der Waals surface area contributed by atoms with Crippen molar-refractivity contribution in [1.29, 1.82) is 0 Å². The van der Waals surface area contributed by atoms with Gasteiger partial charge in [0, 0.05) is 5.56 Å². The second-order valence-electron chi connectivity index (χ2n) is 6.54. The number of carboxylic acids is 1. The Morgan fingerprint density at radius 3 is 2.43 bits per heavy atom. The molecule has 21 heavy (non-hydrogen) atoms. The van der Waals surface area contributed by atoms with Crippen LogP contribution in [0.2, 0.25) is 0 Å². The van der Waals surface area contributed by atoms with Crippen molar-refractivity contribution in [2.45, 2.75) is 62.7 Å². The number of carbonyl (C=O) groups is 1. The number of rotatable bonds is 4. The van der Waals surface area contributed by atoms with E-state index in [1.54, 1.807) is 7.11 Å². The minimum Gasteiger partial charge on any atom is -0.496 e. The van der Waals surface area contributed by atoms with Crippen LogP contribution >= 0.6 is 0 Å². The third-order valence-corrected chi connectivity index (χ3v) is 5.43. The third kappa shape index (κ3) is 2.43. The Morgan fingerprint density at radius 1 is 1.19 bits per heavy atom.